The van der Waals surface area contributed by atoms with Gasteiger partial charge in [-0.25, -0.2) is 4.79 Å². The first kappa shape index (κ1) is 22.0. The van der Waals surface area contributed by atoms with E-state index in [1.165, 1.54) is 16.2 Å². The van der Waals surface area contributed by atoms with Crippen molar-refractivity contribution in [1.29, 1.82) is 0 Å². The minimum absolute atomic E-state index is 0.0320. The summed E-state index contributed by atoms with van der Waals surface area (Å²) in [5, 5.41) is 22.1. The fraction of sp³-hybridized carbons (Fsp3) is 0.435. The van der Waals surface area contributed by atoms with Crippen LogP contribution in [0.3, 0.4) is 0 Å². The lowest BCUT2D eigenvalue weighted by Gasteiger charge is -2.39. The van der Waals surface area contributed by atoms with E-state index in [9.17, 15) is 24.6 Å². The molecule has 160 valence electrons. The van der Waals surface area contributed by atoms with Gasteiger partial charge in [0.25, 0.3) is 5.91 Å². The fourth-order valence-electron chi connectivity index (χ4n) is 4.50. The third-order valence-electron chi connectivity index (χ3n) is 5.80. The molecule has 0 bridgehead atoms. The molecule has 1 fully saturated rings. The first-order valence-corrected chi connectivity index (χ1v) is 11.0. The predicted octanol–water partition coefficient (Wildman–Crippen LogP) is 4.47. The SMILES string of the molecule is CCc1ccc(C(=O)N2C(c3cccs3)C(C(=O)O)CC2(CC(C)C)C(=O)O)cc1. The van der Waals surface area contributed by atoms with E-state index < -0.39 is 35.3 Å². The summed E-state index contributed by atoms with van der Waals surface area (Å²) in [4.78, 5) is 40.5. The van der Waals surface area contributed by atoms with Crippen LogP contribution in [0.2, 0.25) is 0 Å². The maximum absolute atomic E-state index is 13.7. The number of carbonyl (C=O) groups is 3. The maximum Gasteiger partial charge on any atom is 0.329 e. The Labute approximate surface area is 180 Å². The molecule has 3 rings (SSSR count). The van der Waals surface area contributed by atoms with Crippen molar-refractivity contribution in [3.8, 4) is 0 Å². The van der Waals surface area contributed by atoms with Crippen molar-refractivity contribution in [2.45, 2.75) is 51.6 Å². The summed E-state index contributed by atoms with van der Waals surface area (Å²) in [6.07, 6.45) is 0.896. The molecule has 2 aromatic rings. The minimum atomic E-state index is -1.58. The molecule has 0 spiro atoms. The second-order valence-electron chi connectivity index (χ2n) is 8.27. The van der Waals surface area contributed by atoms with Crippen molar-refractivity contribution < 1.29 is 24.6 Å². The number of likely N-dealkylation sites (tertiary alicyclic amines) is 1. The number of carbonyl (C=O) groups excluding carboxylic acids is 1. The molecule has 7 heteroatoms. The van der Waals surface area contributed by atoms with Crippen molar-refractivity contribution >= 4 is 29.2 Å². The average Bonchev–Trinajstić information content (AvgIpc) is 3.33. The van der Waals surface area contributed by atoms with Crippen LogP contribution < -0.4 is 0 Å². The summed E-state index contributed by atoms with van der Waals surface area (Å²) in [5.74, 6) is -3.70. The summed E-state index contributed by atoms with van der Waals surface area (Å²) in [6.45, 7) is 5.79. The molecule has 3 atom stereocenters. The molecule has 6 nitrogen and oxygen atoms in total. The van der Waals surface area contributed by atoms with Crippen LogP contribution in [0.15, 0.2) is 41.8 Å². The van der Waals surface area contributed by atoms with E-state index in [1.54, 1.807) is 24.3 Å². The third kappa shape index (κ3) is 3.86. The molecule has 1 aliphatic rings. The Kier molecular flexibility index (Phi) is 6.31. The first-order chi connectivity index (χ1) is 14.2. The molecule has 2 heterocycles. The van der Waals surface area contributed by atoms with Gasteiger partial charge in [-0.2, -0.15) is 0 Å². The van der Waals surface area contributed by atoms with Gasteiger partial charge < -0.3 is 15.1 Å². The van der Waals surface area contributed by atoms with E-state index in [0.717, 1.165) is 12.0 Å². The second-order valence-corrected chi connectivity index (χ2v) is 9.25. The van der Waals surface area contributed by atoms with Gasteiger partial charge in [0.15, 0.2) is 0 Å². The molecular weight excluding hydrogens is 402 g/mol. The Hall–Kier alpha value is -2.67. The number of aliphatic carboxylic acids is 2. The quantitative estimate of drug-likeness (QED) is 0.677. The molecule has 1 aliphatic heterocycles. The van der Waals surface area contributed by atoms with Crippen LogP contribution in [0.4, 0.5) is 0 Å². The number of aryl methyl sites for hydroxylation is 1. The van der Waals surface area contributed by atoms with Crippen LogP contribution in [-0.2, 0) is 16.0 Å². The zero-order valence-corrected chi connectivity index (χ0v) is 18.2. The molecule has 1 amide bonds. The van der Waals surface area contributed by atoms with Crippen molar-refractivity contribution in [1.82, 2.24) is 4.90 Å². The number of nitrogens with zero attached hydrogens (tertiary/aromatic N) is 1. The normalized spacial score (nSPS) is 23.7. The summed E-state index contributed by atoms with van der Waals surface area (Å²) in [5.41, 5.74) is -0.140. The molecule has 1 aromatic carbocycles. The third-order valence-corrected chi connectivity index (χ3v) is 6.74. The van der Waals surface area contributed by atoms with Gasteiger partial charge in [-0.1, -0.05) is 39.0 Å². The molecule has 0 radical (unpaired) electrons. The van der Waals surface area contributed by atoms with Crippen LogP contribution >= 0.6 is 11.3 Å². The lowest BCUT2D eigenvalue weighted by Crippen LogP contribution is -2.54. The Bertz CT molecular complexity index is 922. The van der Waals surface area contributed by atoms with Gasteiger partial charge in [0.1, 0.15) is 5.54 Å². The Morgan fingerprint density at radius 1 is 1.17 bits per heavy atom. The molecular formula is C23H27NO5S. The number of benzene rings is 1. The van der Waals surface area contributed by atoms with Gasteiger partial charge >= 0.3 is 11.9 Å². The van der Waals surface area contributed by atoms with Gasteiger partial charge in [-0.05, 0) is 54.3 Å². The molecule has 2 N–H and O–H groups in total. The highest BCUT2D eigenvalue weighted by molar-refractivity contribution is 7.10. The Morgan fingerprint density at radius 2 is 1.83 bits per heavy atom. The topological polar surface area (TPSA) is 94.9 Å². The van der Waals surface area contributed by atoms with Crippen LogP contribution in [0.25, 0.3) is 0 Å². The van der Waals surface area contributed by atoms with E-state index >= 15 is 0 Å². The largest absolute Gasteiger partial charge is 0.481 e. The lowest BCUT2D eigenvalue weighted by atomic mass is 9.83. The number of amides is 1. The van der Waals surface area contributed by atoms with E-state index in [-0.39, 0.29) is 18.8 Å². The van der Waals surface area contributed by atoms with E-state index in [2.05, 4.69) is 0 Å². The molecule has 0 saturated carbocycles. The Morgan fingerprint density at radius 3 is 2.30 bits per heavy atom. The maximum atomic E-state index is 13.7. The fourth-order valence-corrected chi connectivity index (χ4v) is 5.39. The van der Waals surface area contributed by atoms with Crippen LogP contribution in [0, 0.1) is 11.8 Å². The van der Waals surface area contributed by atoms with Crippen molar-refractivity contribution in [3.05, 3.63) is 57.8 Å². The lowest BCUT2D eigenvalue weighted by molar-refractivity contribution is -0.150. The highest BCUT2D eigenvalue weighted by atomic mass is 32.1. The van der Waals surface area contributed by atoms with Crippen LogP contribution in [-0.4, -0.2) is 38.5 Å². The van der Waals surface area contributed by atoms with Gasteiger partial charge in [0.05, 0.1) is 12.0 Å². The summed E-state index contributed by atoms with van der Waals surface area (Å²) < 4.78 is 0. The van der Waals surface area contributed by atoms with Crippen molar-refractivity contribution in [2.24, 2.45) is 11.8 Å². The first-order valence-electron chi connectivity index (χ1n) is 10.1. The number of rotatable bonds is 7. The van der Waals surface area contributed by atoms with Gasteiger partial charge in [-0.3, -0.25) is 9.59 Å². The Balaban J connectivity index is 2.18. The molecule has 1 aromatic heterocycles. The molecule has 0 aliphatic carbocycles. The van der Waals surface area contributed by atoms with Crippen LogP contribution in [0.5, 0.6) is 0 Å². The number of hydrogen-bond acceptors (Lipinski definition) is 4. The number of carboxylic acid groups (broad SMARTS) is 2. The molecule has 1 saturated heterocycles. The highest BCUT2D eigenvalue weighted by Crippen LogP contribution is 2.51. The second kappa shape index (κ2) is 8.60. The summed E-state index contributed by atoms with van der Waals surface area (Å²) >= 11 is 1.34. The zero-order chi connectivity index (χ0) is 22.1. The summed E-state index contributed by atoms with van der Waals surface area (Å²) in [7, 11) is 0. The number of hydrogen-bond donors (Lipinski definition) is 2. The minimum Gasteiger partial charge on any atom is -0.481 e. The predicted molar refractivity (Wildman–Crippen MR) is 115 cm³/mol. The van der Waals surface area contributed by atoms with Gasteiger partial charge in [-0.15, -0.1) is 11.3 Å². The van der Waals surface area contributed by atoms with E-state index in [0.29, 0.717) is 10.4 Å². The average molecular weight is 430 g/mol. The summed E-state index contributed by atoms with van der Waals surface area (Å²) in [6, 6.07) is 9.84. The number of thiophene rings is 1. The smallest absolute Gasteiger partial charge is 0.329 e. The standard InChI is InChI=1S/C23H27NO5S/c1-4-15-7-9-16(10-8-15)20(25)24-19(18-6-5-11-30-18)17(21(26)27)13-23(24,22(28)29)12-14(2)3/h5-11,14,17,19H,4,12-13H2,1-3H3,(H,26,27)(H,28,29). The van der Waals surface area contributed by atoms with E-state index in [1.807, 2.05) is 38.3 Å². The zero-order valence-electron chi connectivity index (χ0n) is 17.4. The van der Waals surface area contributed by atoms with E-state index in [4.69, 9.17) is 0 Å². The van der Waals surface area contributed by atoms with Gasteiger partial charge in [0, 0.05) is 10.4 Å². The highest BCUT2D eigenvalue weighted by Gasteiger charge is 2.61. The monoisotopic (exact) mass is 429 g/mol. The molecule has 30 heavy (non-hydrogen) atoms. The number of carboxylic acids is 2. The van der Waals surface area contributed by atoms with Gasteiger partial charge in [0.2, 0.25) is 0 Å². The van der Waals surface area contributed by atoms with Crippen molar-refractivity contribution in [3.63, 3.8) is 0 Å². The molecule has 3 unspecified atom stereocenters. The van der Waals surface area contributed by atoms with Crippen LogP contribution in [0.1, 0.15) is 60.5 Å². The van der Waals surface area contributed by atoms with Crippen molar-refractivity contribution in [2.75, 3.05) is 0 Å².